The summed E-state index contributed by atoms with van der Waals surface area (Å²) in [7, 11) is 1.55. The predicted molar refractivity (Wildman–Crippen MR) is 74.4 cm³/mol. The van der Waals surface area contributed by atoms with Crippen LogP contribution in [0.4, 0.5) is 0 Å². The lowest BCUT2D eigenvalue weighted by Gasteiger charge is -2.07. The number of rotatable bonds is 3. The summed E-state index contributed by atoms with van der Waals surface area (Å²) < 4.78 is 8.55. The van der Waals surface area contributed by atoms with E-state index in [-0.39, 0.29) is 0 Å². The zero-order valence-corrected chi connectivity index (χ0v) is 12.7. The molecule has 0 unspecified atom stereocenters. The average Bonchev–Trinajstić information content (AvgIpc) is 2.67. The maximum atomic E-state index is 9.03. The topological polar surface area (TPSA) is 50.8 Å². The lowest BCUT2D eigenvalue weighted by molar-refractivity contribution is 0.413. The van der Waals surface area contributed by atoms with Crippen LogP contribution in [-0.4, -0.2) is 16.9 Å². The Hall–Kier alpha value is -1.32. The maximum Gasteiger partial charge on any atom is 0.136 e. The average molecular weight is 371 g/mol. The molecule has 4 nitrogen and oxygen atoms in total. The molecular formula is C12H9Br2N3O. The van der Waals surface area contributed by atoms with Crippen molar-refractivity contribution in [2.45, 2.75) is 6.54 Å². The van der Waals surface area contributed by atoms with Crippen LogP contribution in [0.1, 0.15) is 11.1 Å². The number of benzene rings is 1. The number of nitrogens with zero attached hydrogens (tertiary/aromatic N) is 3. The van der Waals surface area contributed by atoms with Gasteiger partial charge in [0.15, 0.2) is 0 Å². The summed E-state index contributed by atoms with van der Waals surface area (Å²) in [6, 6.07) is 9.50. The zero-order chi connectivity index (χ0) is 13.1. The molecule has 0 aliphatic heterocycles. The van der Waals surface area contributed by atoms with E-state index >= 15 is 0 Å². The fraction of sp³-hybridized carbons (Fsp3) is 0.167. The molecule has 0 bridgehead atoms. The number of hydrogen-bond acceptors (Lipinski definition) is 3. The lowest BCUT2D eigenvalue weighted by Crippen LogP contribution is -2.02. The van der Waals surface area contributed by atoms with Gasteiger partial charge >= 0.3 is 0 Å². The number of methoxy groups -OCH3 is 1. The Bertz CT molecular complexity index is 616. The van der Waals surface area contributed by atoms with Crippen molar-refractivity contribution in [2.75, 3.05) is 7.11 Å². The van der Waals surface area contributed by atoms with Crippen LogP contribution in [0.2, 0.25) is 0 Å². The van der Waals surface area contributed by atoms with Gasteiger partial charge in [-0.25, -0.2) is 0 Å². The molecule has 0 amide bonds. The second-order valence-corrected chi connectivity index (χ2v) is 5.22. The molecule has 0 aliphatic carbocycles. The zero-order valence-electron chi connectivity index (χ0n) is 9.52. The molecule has 1 aromatic heterocycles. The predicted octanol–water partition coefficient (Wildman–Crippen LogP) is 3.34. The van der Waals surface area contributed by atoms with Gasteiger partial charge in [0.05, 0.1) is 19.2 Å². The number of halogens is 2. The first-order valence-electron chi connectivity index (χ1n) is 5.10. The highest BCUT2D eigenvalue weighted by molar-refractivity contribution is 9.11. The van der Waals surface area contributed by atoms with Crippen molar-refractivity contribution in [1.29, 1.82) is 5.26 Å². The van der Waals surface area contributed by atoms with Gasteiger partial charge in [-0.2, -0.15) is 10.4 Å². The first-order chi connectivity index (χ1) is 8.63. The van der Waals surface area contributed by atoms with Crippen molar-refractivity contribution in [3.8, 4) is 11.8 Å². The number of ether oxygens (including phenoxy) is 1. The summed E-state index contributed by atoms with van der Waals surface area (Å²) in [6.07, 6.45) is 0. The van der Waals surface area contributed by atoms with E-state index in [1.165, 1.54) is 0 Å². The Morgan fingerprint density at radius 2 is 2.17 bits per heavy atom. The minimum Gasteiger partial charge on any atom is -0.495 e. The quantitative estimate of drug-likeness (QED) is 0.832. The standard InChI is InChI=1S/C12H9Br2N3O/c1-18-10-3-2-8(4-9(10)6-15)7-17-12(14)5-11(13)16-17/h2-5H,7H2,1H3. The van der Waals surface area contributed by atoms with E-state index in [4.69, 9.17) is 10.00 Å². The van der Waals surface area contributed by atoms with Gasteiger partial charge < -0.3 is 4.74 Å². The van der Waals surface area contributed by atoms with Gasteiger partial charge in [-0.1, -0.05) is 6.07 Å². The molecule has 2 rings (SSSR count). The van der Waals surface area contributed by atoms with E-state index in [0.29, 0.717) is 17.9 Å². The van der Waals surface area contributed by atoms with E-state index in [0.717, 1.165) is 14.8 Å². The van der Waals surface area contributed by atoms with Gasteiger partial charge in [-0.3, -0.25) is 4.68 Å². The molecule has 2 aromatic rings. The van der Waals surface area contributed by atoms with E-state index in [9.17, 15) is 0 Å². The highest BCUT2D eigenvalue weighted by Gasteiger charge is 2.07. The number of aromatic nitrogens is 2. The van der Waals surface area contributed by atoms with Crippen molar-refractivity contribution in [3.63, 3.8) is 0 Å². The summed E-state index contributed by atoms with van der Waals surface area (Å²) in [5.74, 6) is 0.585. The SMILES string of the molecule is COc1ccc(Cn2nc(Br)cc2Br)cc1C#N. The molecule has 0 saturated heterocycles. The minimum absolute atomic E-state index is 0.525. The molecule has 0 N–H and O–H groups in total. The van der Waals surface area contributed by atoms with Gasteiger partial charge in [-0.15, -0.1) is 0 Å². The van der Waals surface area contributed by atoms with E-state index < -0.39 is 0 Å². The van der Waals surface area contributed by atoms with Crippen LogP contribution >= 0.6 is 31.9 Å². The first-order valence-corrected chi connectivity index (χ1v) is 6.68. The van der Waals surface area contributed by atoms with Gasteiger partial charge in [0, 0.05) is 6.07 Å². The molecule has 92 valence electrons. The van der Waals surface area contributed by atoms with Gasteiger partial charge in [-0.05, 0) is 49.6 Å². The van der Waals surface area contributed by atoms with Gasteiger partial charge in [0.1, 0.15) is 21.0 Å². The molecule has 0 radical (unpaired) electrons. The fourth-order valence-corrected chi connectivity index (χ4v) is 2.73. The van der Waals surface area contributed by atoms with Crippen LogP contribution < -0.4 is 4.74 Å². The van der Waals surface area contributed by atoms with Crippen LogP contribution in [0.3, 0.4) is 0 Å². The Kier molecular flexibility index (Phi) is 4.04. The third-order valence-corrected chi connectivity index (χ3v) is 3.44. The van der Waals surface area contributed by atoms with Crippen LogP contribution in [-0.2, 0) is 6.54 Å². The second kappa shape index (κ2) is 5.55. The molecule has 0 aliphatic rings. The third kappa shape index (κ3) is 2.74. The van der Waals surface area contributed by atoms with Crippen molar-refractivity contribution in [1.82, 2.24) is 9.78 Å². The lowest BCUT2D eigenvalue weighted by atomic mass is 10.1. The smallest absolute Gasteiger partial charge is 0.136 e. The fourth-order valence-electron chi connectivity index (χ4n) is 1.59. The van der Waals surface area contributed by atoms with Crippen LogP contribution in [0.5, 0.6) is 5.75 Å². The second-order valence-electron chi connectivity index (χ2n) is 3.59. The van der Waals surface area contributed by atoms with Gasteiger partial charge in [0.2, 0.25) is 0 Å². The molecule has 18 heavy (non-hydrogen) atoms. The van der Waals surface area contributed by atoms with Crippen LogP contribution in [0.25, 0.3) is 0 Å². The van der Waals surface area contributed by atoms with Gasteiger partial charge in [0.25, 0.3) is 0 Å². The molecule has 1 aromatic carbocycles. The summed E-state index contributed by atoms with van der Waals surface area (Å²) in [5.41, 5.74) is 1.51. The summed E-state index contributed by atoms with van der Waals surface area (Å²) in [6.45, 7) is 0.588. The first kappa shape index (κ1) is 13.1. The molecule has 0 atom stereocenters. The molecule has 0 spiro atoms. The molecule has 0 saturated carbocycles. The van der Waals surface area contributed by atoms with Crippen molar-refractivity contribution in [2.24, 2.45) is 0 Å². The van der Waals surface area contributed by atoms with Crippen LogP contribution in [0, 0.1) is 11.3 Å². The minimum atomic E-state index is 0.525. The highest BCUT2D eigenvalue weighted by atomic mass is 79.9. The molecule has 6 heteroatoms. The van der Waals surface area contributed by atoms with E-state index in [2.05, 4.69) is 43.0 Å². The largest absolute Gasteiger partial charge is 0.495 e. The molecular weight excluding hydrogens is 362 g/mol. The van der Waals surface area contributed by atoms with E-state index in [1.54, 1.807) is 23.9 Å². The molecule has 1 heterocycles. The summed E-state index contributed by atoms with van der Waals surface area (Å²) in [5, 5.41) is 13.3. The Morgan fingerprint density at radius 1 is 1.39 bits per heavy atom. The van der Waals surface area contributed by atoms with Crippen molar-refractivity contribution >= 4 is 31.9 Å². The summed E-state index contributed by atoms with van der Waals surface area (Å²) in [4.78, 5) is 0. The summed E-state index contributed by atoms with van der Waals surface area (Å²) >= 11 is 6.73. The third-order valence-electron chi connectivity index (χ3n) is 2.42. The van der Waals surface area contributed by atoms with Crippen LogP contribution in [0.15, 0.2) is 33.5 Å². The Balaban J connectivity index is 2.30. The highest BCUT2D eigenvalue weighted by Crippen LogP contribution is 2.21. The Labute approximate surface area is 121 Å². The molecule has 0 fully saturated rings. The van der Waals surface area contributed by atoms with Crippen molar-refractivity contribution < 1.29 is 4.74 Å². The van der Waals surface area contributed by atoms with E-state index in [1.807, 2.05) is 12.1 Å². The Morgan fingerprint density at radius 3 is 2.72 bits per heavy atom. The monoisotopic (exact) mass is 369 g/mol. The number of hydrogen-bond donors (Lipinski definition) is 0. The normalized spacial score (nSPS) is 10.1. The van der Waals surface area contributed by atoms with Crippen molar-refractivity contribution in [3.05, 3.63) is 44.6 Å². The number of nitriles is 1. The maximum absolute atomic E-state index is 9.03.